The molecular formula is C12H17N3O. The molecule has 4 heteroatoms. The monoisotopic (exact) mass is 219 g/mol. The van der Waals surface area contributed by atoms with Crippen LogP contribution in [0.1, 0.15) is 30.6 Å². The zero-order valence-corrected chi connectivity index (χ0v) is 9.87. The van der Waals surface area contributed by atoms with Gasteiger partial charge in [-0.25, -0.2) is 0 Å². The molecule has 1 aromatic rings. The smallest absolute Gasteiger partial charge is 0.253 e. The highest BCUT2D eigenvalue weighted by Gasteiger charge is 2.46. The molecule has 0 bridgehead atoms. The van der Waals surface area contributed by atoms with Crippen LogP contribution in [0.15, 0.2) is 18.5 Å². The van der Waals surface area contributed by atoms with Gasteiger partial charge in [-0.1, -0.05) is 13.8 Å². The van der Waals surface area contributed by atoms with Crippen LogP contribution in [0.3, 0.4) is 0 Å². The van der Waals surface area contributed by atoms with Crippen molar-refractivity contribution >= 4 is 11.6 Å². The maximum atomic E-state index is 12.0. The van der Waals surface area contributed by atoms with Gasteiger partial charge in [-0.3, -0.25) is 9.78 Å². The van der Waals surface area contributed by atoms with Gasteiger partial charge in [-0.05, 0) is 17.9 Å². The van der Waals surface area contributed by atoms with E-state index in [9.17, 15) is 4.79 Å². The molecule has 1 unspecified atom stereocenters. The van der Waals surface area contributed by atoms with Gasteiger partial charge in [0, 0.05) is 19.3 Å². The maximum Gasteiger partial charge on any atom is 0.253 e. The minimum absolute atomic E-state index is 0.0256. The Balaban J connectivity index is 2.09. The Morgan fingerprint density at radius 1 is 1.56 bits per heavy atom. The number of carbonyl (C=O) groups is 1. The second-order valence-electron chi connectivity index (χ2n) is 4.89. The van der Waals surface area contributed by atoms with Crippen LogP contribution in [-0.2, 0) is 0 Å². The van der Waals surface area contributed by atoms with Crippen molar-refractivity contribution in [2.75, 3.05) is 12.4 Å². The molecule has 0 radical (unpaired) electrons. The second kappa shape index (κ2) is 3.77. The molecule has 16 heavy (non-hydrogen) atoms. The average Bonchev–Trinajstić information content (AvgIpc) is 2.85. The van der Waals surface area contributed by atoms with E-state index in [-0.39, 0.29) is 11.3 Å². The number of nitrogens with one attached hydrogen (secondary N) is 2. The van der Waals surface area contributed by atoms with Crippen LogP contribution in [0.5, 0.6) is 0 Å². The quantitative estimate of drug-likeness (QED) is 0.812. The summed E-state index contributed by atoms with van der Waals surface area (Å²) in [5.74, 6) is -0.0256. The molecule has 0 spiro atoms. The van der Waals surface area contributed by atoms with Gasteiger partial charge in [-0.2, -0.15) is 0 Å². The lowest BCUT2D eigenvalue weighted by Crippen LogP contribution is -2.28. The lowest BCUT2D eigenvalue weighted by Gasteiger charge is -2.10. The number of pyridine rings is 1. The number of nitrogens with zero attached hydrogens (tertiary/aromatic N) is 1. The first-order valence-corrected chi connectivity index (χ1v) is 5.47. The number of amides is 1. The summed E-state index contributed by atoms with van der Waals surface area (Å²) in [6.07, 6.45) is 4.35. The summed E-state index contributed by atoms with van der Waals surface area (Å²) < 4.78 is 0. The van der Waals surface area contributed by atoms with Crippen molar-refractivity contribution in [3.63, 3.8) is 0 Å². The third-order valence-corrected chi connectivity index (χ3v) is 3.15. The summed E-state index contributed by atoms with van der Waals surface area (Å²) in [4.78, 5) is 16.0. The maximum absolute atomic E-state index is 12.0. The number of hydrogen-bond donors (Lipinski definition) is 2. The van der Waals surface area contributed by atoms with Gasteiger partial charge in [0.25, 0.3) is 5.91 Å². The van der Waals surface area contributed by atoms with Crippen molar-refractivity contribution in [3.8, 4) is 0 Å². The summed E-state index contributed by atoms with van der Waals surface area (Å²) in [7, 11) is 1.79. The first-order chi connectivity index (χ1) is 7.54. The van der Waals surface area contributed by atoms with Gasteiger partial charge in [0.05, 0.1) is 17.4 Å². The van der Waals surface area contributed by atoms with Crippen molar-refractivity contribution in [2.24, 2.45) is 5.41 Å². The highest BCUT2D eigenvalue weighted by Crippen LogP contribution is 2.44. The van der Waals surface area contributed by atoms with Crippen molar-refractivity contribution < 1.29 is 4.79 Å². The van der Waals surface area contributed by atoms with Crippen LogP contribution < -0.4 is 10.6 Å². The van der Waals surface area contributed by atoms with E-state index in [0.29, 0.717) is 11.6 Å². The van der Waals surface area contributed by atoms with E-state index in [4.69, 9.17) is 0 Å². The number of aromatic nitrogens is 1. The van der Waals surface area contributed by atoms with Crippen molar-refractivity contribution in [1.82, 2.24) is 10.3 Å². The molecule has 86 valence electrons. The molecule has 0 aromatic carbocycles. The van der Waals surface area contributed by atoms with Crippen molar-refractivity contribution in [3.05, 3.63) is 24.0 Å². The molecule has 1 aliphatic carbocycles. The zero-order valence-electron chi connectivity index (χ0n) is 9.87. The summed E-state index contributed by atoms with van der Waals surface area (Å²) in [6.45, 7) is 4.31. The second-order valence-corrected chi connectivity index (χ2v) is 4.89. The molecule has 2 rings (SSSR count). The fraction of sp³-hybridized carbons (Fsp3) is 0.500. The Morgan fingerprint density at radius 2 is 2.25 bits per heavy atom. The number of hydrogen-bond acceptors (Lipinski definition) is 3. The Morgan fingerprint density at radius 3 is 2.81 bits per heavy atom. The van der Waals surface area contributed by atoms with E-state index in [1.807, 2.05) is 0 Å². The van der Waals surface area contributed by atoms with Crippen LogP contribution in [0.2, 0.25) is 0 Å². The third-order valence-electron chi connectivity index (χ3n) is 3.15. The molecule has 0 saturated heterocycles. The lowest BCUT2D eigenvalue weighted by molar-refractivity contribution is 0.0947. The number of carbonyl (C=O) groups excluding carboxylic acids is 1. The van der Waals surface area contributed by atoms with Gasteiger partial charge < -0.3 is 10.6 Å². The van der Waals surface area contributed by atoms with E-state index >= 15 is 0 Å². The minimum Gasteiger partial charge on any atom is -0.386 e. The molecule has 1 heterocycles. The normalized spacial score (nSPS) is 21.3. The van der Waals surface area contributed by atoms with Gasteiger partial charge in [0.2, 0.25) is 0 Å². The van der Waals surface area contributed by atoms with Gasteiger partial charge >= 0.3 is 0 Å². The number of rotatable bonds is 3. The predicted octanol–water partition coefficient (Wildman–Crippen LogP) is 1.65. The summed E-state index contributed by atoms with van der Waals surface area (Å²) in [6, 6.07) is 2.04. The van der Waals surface area contributed by atoms with Crippen LogP contribution in [0.4, 0.5) is 5.69 Å². The highest BCUT2D eigenvalue weighted by atomic mass is 16.1. The fourth-order valence-corrected chi connectivity index (χ4v) is 1.74. The number of anilines is 1. The molecule has 1 atom stereocenters. The highest BCUT2D eigenvalue weighted by molar-refractivity contribution is 5.99. The summed E-state index contributed by atoms with van der Waals surface area (Å²) in [5, 5.41) is 6.00. The Labute approximate surface area is 95.5 Å². The lowest BCUT2D eigenvalue weighted by atomic mass is 10.1. The Hall–Kier alpha value is -1.58. The third kappa shape index (κ3) is 2.01. The van der Waals surface area contributed by atoms with E-state index in [1.165, 1.54) is 0 Å². The Bertz CT molecular complexity index is 414. The molecule has 1 fully saturated rings. The Kier molecular flexibility index (Phi) is 2.58. The molecule has 1 aromatic heterocycles. The van der Waals surface area contributed by atoms with Gasteiger partial charge in [0.15, 0.2) is 0 Å². The summed E-state index contributed by atoms with van der Waals surface area (Å²) in [5.41, 5.74) is 1.67. The minimum atomic E-state index is -0.0256. The standard InChI is InChI=1S/C12H17N3O/c1-12(2)6-10(12)15-11(16)8-4-5-14-7-9(8)13-3/h4-5,7,10,13H,6H2,1-3H3,(H,15,16). The molecule has 1 aliphatic rings. The van der Waals surface area contributed by atoms with E-state index in [2.05, 4.69) is 29.5 Å². The van der Waals surface area contributed by atoms with Gasteiger partial charge in [-0.15, -0.1) is 0 Å². The summed E-state index contributed by atoms with van der Waals surface area (Å²) >= 11 is 0. The fourth-order valence-electron chi connectivity index (χ4n) is 1.74. The van der Waals surface area contributed by atoms with Crippen molar-refractivity contribution in [2.45, 2.75) is 26.3 Å². The first kappa shape index (κ1) is 10.9. The molecule has 1 amide bonds. The van der Waals surface area contributed by atoms with Crippen LogP contribution in [0.25, 0.3) is 0 Å². The molecule has 1 saturated carbocycles. The van der Waals surface area contributed by atoms with E-state index < -0.39 is 0 Å². The predicted molar refractivity (Wildman–Crippen MR) is 63.4 cm³/mol. The van der Waals surface area contributed by atoms with E-state index in [1.54, 1.807) is 25.5 Å². The van der Waals surface area contributed by atoms with Gasteiger partial charge in [0.1, 0.15) is 0 Å². The SMILES string of the molecule is CNc1cnccc1C(=O)NC1CC1(C)C. The first-order valence-electron chi connectivity index (χ1n) is 5.47. The largest absolute Gasteiger partial charge is 0.386 e. The van der Waals surface area contributed by atoms with Crippen LogP contribution in [0, 0.1) is 5.41 Å². The zero-order chi connectivity index (χ0) is 11.8. The van der Waals surface area contributed by atoms with Crippen LogP contribution >= 0.6 is 0 Å². The molecule has 4 nitrogen and oxygen atoms in total. The average molecular weight is 219 g/mol. The molecule has 0 aliphatic heterocycles. The topological polar surface area (TPSA) is 54.0 Å². The molecule has 2 N–H and O–H groups in total. The van der Waals surface area contributed by atoms with Crippen molar-refractivity contribution in [1.29, 1.82) is 0 Å². The molecular weight excluding hydrogens is 202 g/mol. The van der Waals surface area contributed by atoms with E-state index in [0.717, 1.165) is 12.1 Å². The van der Waals surface area contributed by atoms with Crippen LogP contribution in [-0.4, -0.2) is 24.0 Å².